The number of aromatic nitrogens is 1. The maximum atomic E-state index is 10.00. The van der Waals surface area contributed by atoms with Gasteiger partial charge in [-0.25, -0.2) is 0 Å². The molecule has 2 aromatic rings. The number of aliphatic hydroxyl groups is 3. The van der Waals surface area contributed by atoms with Crippen molar-refractivity contribution >= 4 is 23.4 Å². The average molecular weight is 354 g/mol. The molecule has 0 bridgehead atoms. The topological polar surface area (TPSA) is 82.8 Å². The molecule has 0 aliphatic carbocycles. The second-order valence-corrected chi connectivity index (χ2v) is 6.85. The Morgan fingerprint density at radius 2 is 1.78 bits per heavy atom. The highest BCUT2D eigenvalue weighted by Gasteiger charge is 2.38. The van der Waals surface area contributed by atoms with Gasteiger partial charge in [-0.1, -0.05) is 23.7 Å². The molecule has 0 saturated carbocycles. The third kappa shape index (κ3) is 3.79. The summed E-state index contributed by atoms with van der Waals surface area (Å²) in [5.74, 6) is 0.783. The van der Waals surface area contributed by atoms with Crippen molar-refractivity contribution in [1.82, 2.24) is 4.98 Å². The predicted molar refractivity (Wildman–Crippen MR) is 89.6 cm³/mol. The van der Waals surface area contributed by atoms with Gasteiger partial charge in [0.25, 0.3) is 0 Å². The van der Waals surface area contributed by atoms with E-state index in [2.05, 4.69) is 4.98 Å². The minimum absolute atomic E-state index is 0.299. The first-order chi connectivity index (χ1) is 11.0. The van der Waals surface area contributed by atoms with E-state index in [0.29, 0.717) is 16.5 Å². The Morgan fingerprint density at radius 3 is 2.52 bits per heavy atom. The van der Waals surface area contributed by atoms with Gasteiger partial charge in [0.2, 0.25) is 0 Å². The molecule has 122 valence electrons. The lowest BCUT2D eigenvalue weighted by Gasteiger charge is -2.34. The summed E-state index contributed by atoms with van der Waals surface area (Å²) in [7, 11) is 0. The number of aliphatic hydroxyl groups excluding tert-OH is 3. The summed E-state index contributed by atoms with van der Waals surface area (Å²) in [6.45, 7) is 0. The van der Waals surface area contributed by atoms with Crippen LogP contribution in [0.4, 0.5) is 0 Å². The van der Waals surface area contributed by atoms with Crippen molar-refractivity contribution in [3.63, 3.8) is 0 Å². The molecule has 4 atom stereocenters. The summed E-state index contributed by atoms with van der Waals surface area (Å²) in [5, 5.41) is 29.9. The highest BCUT2D eigenvalue weighted by atomic mass is 35.5. The summed E-state index contributed by atoms with van der Waals surface area (Å²) in [5.41, 5.74) is 1.14. The van der Waals surface area contributed by atoms with Crippen LogP contribution in [-0.4, -0.2) is 49.8 Å². The zero-order chi connectivity index (χ0) is 16.4. The average Bonchev–Trinajstić information content (AvgIpc) is 2.56. The van der Waals surface area contributed by atoms with Gasteiger partial charge < -0.3 is 20.1 Å². The van der Waals surface area contributed by atoms with Gasteiger partial charge >= 0.3 is 0 Å². The third-order valence-electron chi connectivity index (χ3n) is 3.60. The first-order valence-corrected chi connectivity index (χ1v) is 8.51. The molecule has 1 fully saturated rings. The van der Waals surface area contributed by atoms with E-state index in [9.17, 15) is 15.3 Å². The van der Waals surface area contributed by atoms with Crippen LogP contribution in [0.3, 0.4) is 0 Å². The van der Waals surface area contributed by atoms with E-state index in [0.717, 1.165) is 11.1 Å². The fraction of sp³-hybridized carbons (Fsp3) is 0.312. The van der Waals surface area contributed by atoms with E-state index in [1.807, 2.05) is 12.1 Å². The molecule has 3 N–H and O–H groups in total. The maximum absolute atomic E-state index is 10.00. The number of nitrogens with zero attached hydrogens (tertiary/aromatic N) is 1. The normalized spacial score (nSPS) is 27.7. The van der Waals surface area contributed by atoms with Crippen molar-refractivity contribution in [2.24, 2.45) is 0 Å². The number of rotatable bonds is 3. The fourth-order valence-electron chi connectivity index (χ4n) is 2.30. The first-order valence-electron chi connectivity index (χ1n) is 7.08. The SMILES string of the molecule is O[C@@H]1[C@@H](O)[C@@H](Oc2cncc(-c3ccc(Cl)cc3)c2)SC[C@H]1O. The minimum Gasteiger partial charge on any atom is -0.475 e. The number of pyridine rings is 1. The quantitative estimate of drug-likeness (QED) is 0.782. The Bertz CT molecular complexity index is 669. The number of halogens is 1. The van der Waals surface area contributed by atoms with Gasteiger partial charge in [-0.3, -0.25) is 4.98 Å². The van der Waals surface area contributed by atoms with Crippen LogP contribution >= 0.6 is 23.4 Å². The molecule has 1 aromatic heterocycles. The van der Waals surface area contributed by atoms with Crippen LogP contribution < -0.4 is 4.74 Å². The van der Waals surface area contributed by atoms with Crippen LogP contribution in [0.1, 0.15) is 0 Å². The Morgan fingerprint density at radius 1 is 1.04 bits per heavy atom. The molecule has 7 heteroatoms. The molecule has 2 heterocycles. The molecule has 1 saturated heterocycles. The van der Waals surface area contributed by atoms with Gasteiger partial charge in [0.05, 0.1) is 12.3 Å². The van der Waals surface area contributed by atoms with E-state index < -0.39 is 23.7 Å². The smallest absolute Gasteiger partial charge is 0.173 e. The number of hydrogen-bond acceptors (Lipinski definition) is 6. The molecule has 0 amide bonds. The van der Waals surface area contributed by atoms with Gasteiger partial charge in [0, 0.05) is 22.5 Å². The summed E-state index contributed by atoms with van der Waals surface area (Å²) < 4.78 is 5.73. The summed E-state index contributed by atoms with van der Waals surface area (Å²) in [6.07, 6.45) is -0.0755. The number of thioether (sulfide) groups is 1. The van der Waals surface area contributed by atoms with Gasteiger partial charge in [0.15, 0.2) is 5.44 Å². The second kappa shape index (κ2) is 7.07. The van der Waals surface area contributed by atoms with Crippen LogP contribution in [-0.2, 0) is 0 Å². The molecule has 23 heavy (non-hydrogen) atoms. The molecular formula is C16H16ClNO4S. The maximum Gasteiger partial charge on any atom is 0.173 e. The largest absolute Gasteiger partial charge is 0.475 e. The molecule has 3 rings (SSSR count). The van der Waals surface area contributed by atoms with Gasteiger partial charge in [-0.15, -0.1) is 11.8 Å². The van der Waals surface area contributed by atoms with Gasteiger partial charge in [0.1, 0.15) is 18.0 Å². The zero-order valence-electron chi connectivity index (χ0n) is 12.0. The highest BCUT2D eigenvalue weighted by Crippen LogP contribution is 2.30. The molecule has 0 unspecified atom stereocenters. The molecule has 0 radical (unpaired) electrons. The van der Waals surface area contributed by atoms with Crippen LogP contribution in [0.5, 0.6) is 5.75 Å². The lowest BCUT2D eigenvalue weighted by Crippen LogP contribution is -2.50. The summed E-state index contributed by atoms with van der Waals surface area (Å²) in [6, 6.07) is 9.16. The van der Waals surface area contributed by atoms with Crippen LogP contribution in [0.2, 0.25) is 5.02 Å². The van der Waals surface area contributed by atoms with Crippen molar-refractivity contribution in [2.75, 3.05) is 5.75 Å². The molecule has 1 aliphatic heterocycles. The summed E-state index contributed by atoms with van der Waals surface area (Å²) in [4.78, 5) is 4.15. The Hall–Kier alpha value is -1.31. The van der Waals surface area contributed by atoms with E-state index in [-0.39, 0.29) is 0 Å². The van der Waals surface area contributed by atoms with Crippen molar-refractivity contribution in [3.8, 4) is 16.9 Å². The standard InChI is InChI=1S/C16H16ClNO4S/c17-11-3-1-9(2-4-11)10-5-12(7-18-6-10)22-16-15(21)14(20)13(19)8-23-16/h1-7,13-16,19-21H,8H2/t13-,14+,15-,16+/m1/s1. The van der Waals surface area contributed by atoms with Crippen molar-refractivity contribution in [2.45, 2.75) is 23.7 Å². The van der Waals surface area contributed by atoms with E-state index in [1.165, 1.54) is 11.8 Å². The lowest BCUT2D eigenvalue weighted by atomic mass is 10.1. The van der Waals surface area contributed by atoms with Crippen LogP contribution in [0.15, 0.2) is 42.7 Å². The Kier molecular flexibility index (Phi) is 5.08. The lowest BCUT2D eigenvalue weighted by molar-refractivity contribution is -0.0786. The predicted octanol–water partition coefficient (Wildman–Crippen LogP) is 1.94. The van der Waals surface area contributed by atoms with Gasteiger partial charge in [-0.05, 0) is 23.8 Å². The fourth-order valence-corrected chi connectivity index (χ4v) is 3.55. The van der Waals surface area contributed by atoms with E-state index >= 15 is 0 Å². The molecule has 5 nitrogen and oxygen atoms in total. The van der Waals surface area contributed by atoms with Crippen molar-refractivity contribution < 1.29 is 20.1 Å². The van der Waals surface area contributed by atoms with Crippen LogP contribution in [0, 0.1) is 0 Å². The second-order valence-electron chi connectivity index (χ2n) is 5.28. The third-order valence-corrected chi connectivity index (χ3v) is 5.09. The van der Waals surface area contributed by atoms with Gasteiger partial charge in [-0.2, -0.15) is 0 Å². The number of benzene rings is 1. The Labute approximate surface area is 142 Å². The molecule has 0 spiro atoms. The van der Waals surface area contributed by atoms with E-state index in [1.54, 1.807) is 30.6 Å². The minimum atomic E-state index is -1.21. The van der Waals surface area contributed by atoms with E-state index in [4.69, 9.17) is 16.3 Å². The monoisotopic (exact) mass is 353 g/mol. The first kappa shape index (κ1) is 16.5. The zero-order valence-corrected chi connectivity index (χ0v) is 13.6. The number of hydrogen-bond donors (Lipinski definition) is 3. The molecular weight excluding hydrogens is 338 g/mol. The highest BCUT2D eigenvalue weighted by molar-refractivity contribution is 7.99. The number of ether oxygens (including phenoxy) is 1. The molecule has 1 aromatic carbocycles. The summed E-state index contributed by atoms with van der Waals surface area (Å²) >= 11 is 7.14. The van der Waals surface area contributed by atoms with Crippen LogP contribution in [0.25, 0.3) is 11.1 Å². The Balaban J connectivity index is 1.76. The van der Waals surface area contributed by atoms with Crippen molar-refractivity contribution in [3.05, 3.63) is 47.7 Å². The molecule has 1 aliphatic rings. The van der Waals surface area contributed by atoms with Crippen molar-refractivity contribution in [1.29, 1.82) is 0 Å².